The predicted octanol–water partition coefficient (Wildman–Crippen LogP) is 3.23. The summed E-state index contributed by atoms with van der Waals surface area (Å²) in [5.41, 5.74) is -0.363. The van der Waals surface area contributed by atoms with Crippen LogP contribution in [0.25, 0.3) is 0 Å². The first-order valence-corrected chi connectivity index (χ1v) is 12.7. The average molecular weight is 536 g/mol. The fraction of sp³-hybridized carbons (Fsp3) is 0.481. The lowest BCUT2D eigenvalue weighted by Gasteiger charge is -2.37. The number of amides is 2. The summed E-state index contributed by atoms with van der Waals surface area (Å²) >= 11 is 6.04. The molecule has 0 aromatic heterocycles. The number of nitrogens with one attached hydrogen (secondary N) is 3. The van der Waals surface area contributed by atoms with Crippen molar-refractivity contribution in [2.75, 3.05) is 18.5 Å². The minimum atomic E-state index is -1.39. The lowest BCUT2D eigenvalue weighted by atomic mass is 9.62. The Morgan fingerprint density at radius 3 is 2.51 bits per heavy atom. The third kappa shape index (κ3) is 5.10. The van der Waals surface area contributed by atoms with Crippen LogP contribution in [0.15, 0.2) is 36.4 Å². The van der Waals surface area contributed by atoms with Gasteiger partial charge in [0.2, 0.25) is 11.8 Å². The Hall–Kier alpha value is -2.59. The van der Waals surface area contributed by atoms with Crippen molar-refractivity contribution in [3.63, 3.8) is 0 Å². The number of aliphatic hydroxyl groups excluding tert-OH is 2. The molecule has 2 aliphatic heterocycles. The maximum absolute atomic E-state index is 14.9. The molecular formula is C27H32ClF2N3O4. The number of benzene rings is 2. The zero-order valence-corrected chi connectivity index (χ0v) is 21.7. The average Bonchev–Trinajstić information content (AvgIpc) is 3.29. The topological polar surface area (TPSA) is 111 Å². The van der Waals surface area contributed by atoms with Crippen LogP contribution in [0.1, 0.15) is 50.7 Å². The Balaban J connectivity index is 1.88. The quantitative estimate of drug-likeness (QED) is 0.374. The van der Waals surface area contributed by atoms with E-state index in [-0.39, 0.29) is 23.4 Å². The first-order chi connectivity index (χ1) is 17.4. The van der Waals surface area contributed by atoms with E-state index in [2.05, 4.69) is 16.0 Å². The molecule has 0 radical (unpaired) electrons. The Bertz CT molecular complexity index is 1190. The fourth-order valence-corrected chi connectivity index (χ4v) is 5.83. The van der Waals surface area contributed by atoms with Crippen LogP contribution in [0.3, 0.4) is 0 Å². The van der Waals surface area contributed by atoms with E-state index in [1.807, 2.05) is 20.8 Å². The molecule has 37 heavy (non-hydrogen) atoms. The highest BCUT2D eigenvalue weighted by molar-refractivity contribution is 6.31. The summed E-state index contributed by atoms with van der Waals surface area (Å²) in [6.07, 6.45) is -0.376. The van der Waals surface area contributed by atoms with Crippen molar-refractivity contribution in [3.8, 4) is 0 Å². The van der Waals surface area contributed by atoms with Crippen molar-refractivity contribution in [3.05, 3.63) is 64.2 Å². The Morgan fingerprint density at radius 2 is 1.89 bits per heavy atom. The molecule has 10 heteroatoms. The van der Waals surface area contributed by atoms with Crippen LogP contribution in [0.5, 0.6) is 0 Å². The predicted molar refractivity (Wildman–Crippen MR) is 136 cm³/mol. The van der Waals surface area contributed by atoms with Gasteiger partial charge in [-0.3, -0.25) is 9.59 Å². The fourth-order valence-electron chi connectivity index (χ4n) is 5.67. The summed E-state index contributed by atoms with van der Waals surface area (Å²) in [7, 11) is 0. The number of hydrogen-bond acceptors (Lipinski definition) is 5. The van der Waals surface area contributed by atoms with Crippen LogP contribution in [0, 0.1) is 17.0 Å². The summed E-state index contributed by atoms with van der Waals surface area (Å²) in [5, 5.41) is 27.6. The minimum absolute atomic E-state index is 0.0961. The molecule has 2 aliphatic rings. The summed E-state index contributed by atoms with van der Waals surface area (Å²) in [4.78, 5) is 27.5. The first-order valence-electron chi connectivity index (χ1n) is 12.3. The molecule has 7 nitrogen and oxygen atoms in total. The number of carbonyl (C=O) groups is 2. The van der Waals surface area contributed by atoms with Crippen molar-refractivity contribution < 1.29 is 28.6 Å². The summed E-state index contributed by atoms with van der Waals surface area (Å²) < 4.78 is 28.8. The molecule has 1 saturated heterocycles. The van der Waals surface area contributed by atoms with Gasteiger partial charge in [0.05, 0.1) is 23.8 Å². The van der Waals surface area contributed by atoms with E-state index in [0.717, 1.165) is 0 Å². The van der Waals surface area contributed by atoms with E-state index in [1.54, 1.807) is 0 Å². The molecule has 200 valence electrons. The van der Waals surface area contributed by atoms with E-state index in [4.69, 9.17) is 16.7 Å². The van der Waals surface area contributed by atoms with Crippen LogP contribution in [0.4, 0.5) is 14.5 Å². The molecule has 0 saturated carbocycles. The second-order valence-corrected chi connectivity index (χ2v) is 11.4. The molecule has 0 unspecified atom stereocenters. The van der Waals surface area contributed by atoms with Crippen LogP contribution in [-0.4, -0.2) is 53.4 Å². The number of halogens is 3. The standard InChI is InChI=1S/C27H32ClF2N3O4/c1-26(2,3)12-21-27(17-10-19(30)18(28)11-20(17)32-25(27)37)22(14-4-6-15(29)7-5-14)23(33-21)24(36)31-9-8-16(35)13-34/h4-7,10-11,16,21-23,33-35H,8-9,12-13H2,1-3H3,(H,31,36)(H,32,37)/t16-,21-,22+,23-,27+/m1/s1. The molecule has 4 rings (SSSR count). The van der Waals surface area contributed by atoms with Crippen molar-refractivity contribution in [1.82, 2.24) is 10.6 Å². The van der Waals surface area contributed by atoms with Crippen LogP contribution in [0.2, 0.25) is 5.02 Å². The van der Waals surface area contributed by atoms with E-state index >= 15 is 0 Å². The largest absolute Gasteiger partial charge is 0.394 e. The van der Waals surface area contributed by atoms with Gasteiger partial charge >= 0.3 is 0 Å². The molecular weight excluding hydrogens is 504 g/mol. The van der Waals surface area contributed by atoms with Gasteiger partial charge in [0, 0.05) is 24.2 Å². The smallest absolute Gasteiger partial charge is 0.237 e. The third-order valence-corrected chi connectivity index (χ3v) is 7.49. The van der Waals surface area contributed by atoms with Gasteiger partial charge in [0.1, 0.15) is 17.0 Å². The molecule has 5 N–H and O–H groups in total. The number of anilines is 1. The highest BCUT2D eigenvalue weighted by Gasteiger charge is 2.65. The van der Waals surface area contributed by atoms with Gasteiger partial charge < -0.3 is 26.2 Å². The molecule has 1 fully saturated rings. The number of carbonyl (C=O) groups excluding carboxylic acids is 2. The van der Waals surface area contributed by atoms with E-state index in [9.17, 15) is 23.5 Å². The van der Waals surface area contributed by atoms with Crippen molar-refractivity contribution >= 4 is 29.1 Å². The lowest BCUT2D eigenvalue weighted by molar-refractivity contribution is -0.124. The molecule has 0 aliphatic carbocycles. The van der Waals surface area contributed by atoms with Crippen molar-refractivity contribution in [2.24, 2.45) is 5.41 Å². The zero-order chi connectivity index (χ0) is 27.1. The summed E-state index contributed by atoms with van der Waals surface area (Å²) in [6.45, 7) is 5.69. The molecule has 5 atom stereocenters. The Morgan fingerprint density at radius 1 is 1.22 bits per heavy atom. The van der Waals surface area contributed by atoms with E-state index in [0.29, 0.717) is 23.2 Å². The Kier molecular flexibility index (Phi) is 7.63. The van der Waals surface area contributed by atoms with Gasteiger partial charge in [-0.15, -0.1) is 0 Å². The van der Waals surface area contributed by atoms with Crippen LogP contribution >= 0.6 is 11.6 Å². The van der Waals surface area contributed by atoms with Gasteiger partial charge in [-0.25, -0.2) is 8.78 Å². The molecule has 2 amide bonds. The molecule has 0 bridgehead atoms. The highest BCUT2D eigenvalue weighted by Crippen LogP contribution is 2.56. The number of rotatable bonds is 7. The van der Waals surface area contributed by atoms with E-state index < -0.39 is 59.6 Å². The molecule has 1 spiro atoms. The van der Waals surface area contributed by atoms with Gasteiger partial charge in [0.15, 0.2) is 0 Å². The second-order valence-electron chi connectivity index (χ2n) is 11.0. The molecule has 2 aromatic rings. The minimum Gasteiger partial charge on any atom is -0.394 e. The Labute approximate surface area is 219 Å². The van der Waals surface area contributed by atoms with Crippen LogP contribution < -0.4 is 16.0 Å². The van der Waals surface area contributed by atoms with Gasteiger partial charge in [0.25, 0.3) is 0 Å². The van der Waals surface area contributed by atoms with Crippen LogP contribution in [-0.2, 0) is 15.0 Å². The van der Waals surface area contributed by atoms with Crippen molar-refractivity contribution in [1.29, 1.82) is 0 Å². The number of aliphatic hydroxyl groups is 2. The maximum atomic E-state index is 14.9. The lowest BCUT2D eigenvalue weighted by Crippen LogP contribution is -2.49. The maximum Gasteiger partial charge on any atom is 0.237 e. The number of hydrogen-bond donors (Lipinski definition) is 5. The highest BCUT2D eigenvalue weighted by atomic mass is 35.5. The molecule has 2 aromatic carbocycles. The molecule has 2 heterocycles. The SMILES string of the molecule is CC(C)(C)C[C@H]1N[C@@H](C(=O)NCC[C@@H](O)CO)[C@H](c2ccc(F)cc2)[C@@]12C(=O)Nc1cc(Cl)c(F)cc12. The van der Waals surface area contributed by atoms with Gasteiger partial charge in [-0.2, -0.15) is 0 Å². The zero-order valence-electron chi connectivity index (χ0n) is 20.9. The third-order valence-electron chi connectivity index (χ3n) is 7.20. The van der Waals surface area contributed by atoms with Crippen molar-refractivity contribution in [2.45, 2.75) is 63.1 Å². The monoisotopic (exact) mass is 535 g/mol. The first kappa shape index (κ1) is 27.4. The normalized spacial score (nSPS) is 25.7. The van der Waals surface area contributed by atoms with E-state index in [1.165, 1.54) is 36.4 Å². The second kappa shape index (κ2) is 10.3. The summed E-state index contributed by atoms with van der Waals surface area (Å²) in [6, 6.07) is 6.72. The van der Waals surface area contributed by atoms with Gasteiger partial charge in [-0.05, 0) is 53.6 Å². The van der Waals surface area contributed by atoms with Gasteiger partial charge in [-0.1, -0.05) is 44.5 Å². The summed E-state index contributed by atoms with van der Waals surface area (Å²) in [5.74, 6) is -2.79. The number of fused-ring (bicyclic) bond motifs is 2.